The highest BCUT2D eigenvalue weighted by molar-refractivity contribution is 8.07. The van der Waals surface area contributed by atoms with E-state index in [1.54, 1.807) is 0 Å². The highest BCUT2D eigenvalue weighted by atomic mass is 32.5. The van der Waals surface area contributed by atoms with Crippen LogP contribution in [0.3, 0.4) is 0 Å². The summed E-state index contributed by atoms with van der Waals surface area (Å²) >= 11 is 5.23. The maximum Gasteiger partial charge on any atom is 0.472 e. The molecule has 2 bridgehead atoms. The number of aliphatic hydroxyl groups is 2. The minimum atomic E-state index is -5.00. The molecule has 242 valence electrons. The Morgan fingerprint density at radius 3 is 2.51 bits per heavy atom. The molecule has 0 radical (unpaired) electrons. The third-order valence-electron chi connectivity index (χ3n) is 7.47. The molecule has 9 N–H and O–H groups in total. The van der Waals surface area contributed by atoms with Gasteiger partial charge < -0.3 is 50.0 Å². The van der Waals surface area contributed by atoms with Crippen LogP contribution in [0.4, 0.5) is 11.8 Å². The van der Waals surface area contributed by atoms with Gasteiger partial charge in [-0.25, -0.2) is 19.5 Å². The predicted octanol–water partition coefficient (Wildman–Crippen LogP) is -1.62. The fourth-order valence-electron chi connectivity index (χ4n) is 5.43. The maximum absolute atomic E-state index is 13.1. The molecule has 3 aliphatic rings. The van der Waals surface area contributed by atoms with E-state index in [9.17, 15) is 29.4 Å². The minimum Gasteiger partial charge on any atom is -0.387 e. The van der Waals surface area contributed by atoms with Crippen LogP contribution in [0.5, 0.6) is 0 Å². The fourth-order valence-corrected chi connectivity index (χ4v) is 7.81. The van der Waals surface area contributed by atoms with E-state index >= 15 is 0 Å². The van der Waals surface area contributed by atoms with Gasteiger partial charge in [-0.1, -0.05) is 0 Å². The summed E-state index contributed by atoms with van der Waals surface area (Å²) in [5, 5.41) is 22.4. The van der Waals surface area contributed by atoms with Crippen molar-refractivity contribution in [3.63, 3.8) is 0 Å². The first-order valence-electron chi connectivity index (χ1n) is 13.1. The van der Waals surface area contributed by atoms with E-state index in [1.165, 1.54) is 34.1 Å². The van der Waals surface area contributed by atoms with Crippen LogP contribution in [0.2, 0.25) is 0 Å². The molecule has 21 nitrogen and oxygen atoms in total. The number of imidazole rings is 1. The van der Waals surface area contributed by atoms with E-state index < -0.39 is 82.4 Å². The summed E-state index contributed by atoms with van der Waals surface area (Å²) in [6.45, 7) is -5.60. The SMILES string of the molecule is Nc1nc2c(ccn2[C@@H]2O[C@@H]3COP(=O)(O)OC4[C@@H](COP(O)(=S)O[C@H]2C3O)O[C@@H](n2cnc3c(N)ncnc32)[C@H]4O)c(=O)[nH]1. The van der Waals surface area contributed by atoms with Crippen molar-refractivity contribution in [3.05, 3.63) is 35.3 Å². The number of H-pyrrole nitrogens is 1. The average Bonchev–Trinajstić information content (AvgIpc) is 3.72. The van der Waals surface area contributed by atoms with E-state index in [-0.39, 0.29) is 34.0 Å². The number of hydrogen-bond acceptors (Lipinski definition) is 17. The van der Waals surface area contributed by atoms with Crippen molar-refractivity contribution in [2.75, 3.05) is 24.7 Å². The topological polar surface area (TPSA) is 300 Å². The number of aromatic amines is 1. The Morgan fingerprint density at radius 1 is 0.956 bits per heavy atom. The van der Waals surface area contributed by atoms with Crippen molar-refractivity contribution >= 4 is 60.3 Å². The third kappa shape index (κ3) is 5.46. The zero-order chi connectivity index (χ0) is 31.8. The Morgan fingerprint density at radius 2 is 1.71 bits per heavy atom. The summed E-state index contributed by atoms with van der Waals surface area (Å²) in [6, 6.07) is 1.42. The quantitative estimate of drug-likeness (QED) is 0.116. The lowest BCUT2D eigenvalue weighted by atomic mass is 10.1. The Kier molecular flexibility index (Phi) is 7.56. The lowest BCUT2D eigenvalue weighted by molar-refractivity contribution is -0.0634. The van der Waals surface area contributed by atoms with E-state index in [0.29, 0.717) is 0 Å². The Bertz CT molecular complexity index is 1940. The van der Waals surface area contributed by atoms with Crippen LogP contribution in [0.25, 0.3) is 22.2 Å². The summed E-state index contributed by atoms with van der Waals surface area (Å²) in [7, 11) is -5.00. The smallest absolute Gasteiger partial charge is 0.387 e. The number of ether oxygens (including phenoxy) is 2. The van der Waals surface area contributed by atoms with Gasteiger partial charge in [0.1, 0.15) is 48.5 Å². The van der Waals surface area contributed by atoms with Crippen LogP contribution in [0.1, 0.15) is 12.5 Å². The number of anilines is 2. The number of hydrogen-bond donors (Lipinski definition) is 7. The van der Waals surface area contributed by atoms with Crippen molar-refractivity contribution in [2.24, 2.45) is 0 Å². The summed E-state index contributed by atoms with van der Waals surface area (Å²) in [6.07, 6.45) is -7.70. The number of nitrogens with two attached hydrogens (primary N) is 2. The Hall–Kier alpha value is -2.95. The van der Waals surface area contributed by atoms with Crippen LogP contribution >= 0.6 is 14.5 Å². The molecule has 3 aliphatic heterocycles. The average molecular weight is 689 g/mol. The van der Waals surface area contributed by atoms with E-state index in [2.05, 4.69) is 24.9 Å². The second kappa shape index (κ2) is 11.1. The van der Waals surface area contributed by atoms with Gasteiger partial charge in [0.05, 0.1) is 24.9 Å². The molecule has 4 aromatic heterocycles. The zero-order valence-corrected chi connectivity index (χ0v) is 25.1. The first-order chi connectivity index (χ1) is 21.3. The van der Waals surface area contributed by atoms with Gasteiger partial charge in [0, 0.05) is 6.20 Å². The fraction of sp³-hybridized carbons (Fsp3) is 0.476. The molecule has 45 heavy (non-hydrogen) atoms. The summed E-state index contributed by atoms with van der Waals surface area (Å²) in [5.74, 6) is -0.137. The molecular weight excluding hydrogens is 664 g/mol. The molecule has 24 heteroatoms. The Labute approximate surface area is 255 Å². The molecule has 0 spiro atoms. The van der Waals surface area contributed by atoms with Crippen LogP contribution < -0.4 is 17.0 Å². The second-order valence-electron chi connectivity index (χ2n) is 10.3. The second-order valence-corrected chi connectivity index (χ2v) is 14.5. The number of rotatable bonds is 2. The summed E-state index contributed by atoms with van der Waals surface area (Å²) < 4.78 is 49.3. The largest absolute Gasteiger partial charge is 0.472 e. The minimum absolute atomic E-state index is 0.0503. The summed E-state index contributed by atoms with van der Waals surface area (Å²) in [4.78, 5) is 52.7. The van der Waals surface area contributed by atoms with Crippen LogP contribution in [0.15, 0.2) is 29.7 Å². The molecule has 0 aliphatic carbocycles. The number of nitrogen functional groups attached to an aromatic ring is 2. The normalized spacial score (nSPS) is 37.7. The van der Waals surface area contributed by atoms with Crippen molar-refractivity contribution in [1.29, 1.82) is 0 Å². The van der Waals surface area contributed by atoms with Crippen molar-refractivity contribution in [2.45, 2.75) is 49.1 Å². The lowest BCUT2D eigenvalue weighted by Crippen LogP contribution is -2.36. The predicted molar refractivity (Wildman–Crippen MR) is 152 cm³/mol. The van der Waals surface area contributed by atoms with Gasteiger partial charge in [0.25, 0.3) is 5.56 Å². The van der Waals surface area contributed by atoms with Crippen molar-refractivity contribution < 1.29 is 52.1 Å². The number of phosphoric acid groups is 1. The lowest BCUT2D eigenvalue weighted by Gasteiger charge is -2.27. The zero-order valence-electron chi connectivity index (χ0n) is 22.5. The number of nitrogens with zero attached hydrogens (tertiary/aromatic N) is 6. The van der Waals surface area contributed by atoms with Crippen LogP contribution in [-0.4, -0.2) is 104 Å². The number of aliphatic hydroxyl groups excluding tert-OH is 2. The van der Waals surface area contributed by atoms with E-state index in [1.807, 2.05) is 0 Å². The number of nitrogens with one attached hydrogen (secondary N) is 1. The van der Waals surface area contributed by atoms with Gasteiger partial charge in [-0.2, -0.15) is 4.98 Å². The van der Waals surface area contributed by atoms with Gasteiger partial charge >= 0.3 is 14.5 Å². The molecule has 0 aromatic carbocycles. The maximum atomic E-state index is 13.1. The molecule has 0 saturated carbocycles. The van der Waals surface area contributed by atoms with Crippen LogP contribution in [-0.2, 0) is 43.9 Å². The molecule has 10 atom stereocenters. The molecule has 7 heterocycles. The molecule has 3 saturated heterocycles. The van der Waals surface area contributed by atoms with Gasteiger partial charge in [0.15, 0.2) is 29.6 Å². The third-order valence-corrected chi connectivity index (χ3v) is 10.0. The van der Waals surface area contributed by atoms with Gasteiger partial charge in [-0.05, 0) is 17.9 Å². The van der Waals surface area contributed by atoms with E-state index in [0.717, 1.165) is 0 Å². The number of aromatic nitrogens is 7. The van der Waals surface area contributed by atoms with Crippen molar-refractivity contribution in [3.8, 4) is 0 Å². The number of phosphoric ester groups is 1. The first kappa shape index (κ1) is 30.7. The van der Waals surface area contributed by atoms with E-state index in [4.69, 9.17) is 50.8 Å². The monoisotopic (exact) mass is 689 g/mol. The molecule has 3 fully saturated rings. The highest BCUT2D eigenvalue weighted by Gasteiger charge is 2.53. The van der Waals surface area contributed by atoms with Gasteiger partial charge in [-0.15, -0.1) is 0 Å². The standard InChI is InChI=1S/C21H25N9O12P2S/c22-15-10-17(25-5-24-15)30(6-26-10)19-12(32)13-9(40-19)4-38-44(36,45)42-14-11(31)8(3-37-43(34,35)41-13)39-20(14)29-2-1-7-16(29)27-21(23)28-18(7)33/h1-2,5-6,8-9,11-14,19-20,31-32H,3-4H2,(H,34,35)(H,36,45)(H2,22,24,25)(H3,23,27,28,33)/t8-,9-,11?,12+,13?,14+,19-,20-,44?/m1/s1. The molecular formula is C21H25N9O12P2S. The molecule has 4 aromatic rings. The van der Waals surface area contributed by atoms with Crippen molar-refractivity contribution in [1.82, 2.24) is 34.1 Å². The highest BCUT2D eigenvalue weighted by Crippen LogP contribution is 2.54. The first-order valence-corrected chi connectivity index (χ1v) is 17.2. The summed E-state index contributed by atoms with van der Waals surface area (Å²) in [5.41, 5.74) is 11.5. The van der Waals surface area contributed by atoms with Gasteiger partial charge in [0.2, 0.25) is 5.95 Å². The number of fused-ring (bicyclic) bond motifs is 5. The molecule has 0 amide bonds. The molecule has 7 rings (SSSR count). The van der Waals surface area contributed by atoms with Gasteiger partial charge in [-0.3, -0.25) is 27.9 Å². The molecule has 4 unspecified atom stereocenters. The van der Waals surface area contributed by atoms with Crippen LogP contribution in [0, 0.1) is 0 Å². The Balaban J connectivity index is 1.21.